The first kappa shape index (κ1) is 14.3. The van der Waals surface area contributed by atoms with Crippen LogP contribution in [0.1, 0.15) is 17.2 Å². The molecule has 1 atom stereocenters. The van der Waals surface area contributed by atoms with E-state index in [9.17, 15) is 5.11 Å². The summed E-state index contributed by atoms with van der Waals surface area (Å²) in [7, 11) is 4.97. The van der Waals surface area contributed by atoms with Crippen molar-refractivity contribution < 1.29 is 14.6 Å². The van der Waals surface area contributed by atoms with Gasteiger partial charge in [0, 0.05) is 12.1 Å². The van der Waals surface area contributed by atoms with Crippen LogP contribution in [0.4, 0.5) is 0 Å². The third-order valence-corrected chi connectivity index (χ3v) is 3.37. The van der Waals surface area contributed by atoms with E-state index < -0.39 is 6.10 Å². The molecule has 1 rings (SSSR count). The van der Waals surface area contributed by atoms with E-state index >= 15 is 0 Å². The van der Waals surface area contributed by atoms with Crippen molar-refractivity contribution in [2.24, 2.45) is 0 Å². The lowest BCUT2D eigenvalue weighted by Gasteiger charge is -2.19. The number of methoxy groups -OCH3 is 2. The van der Waals surface area contributed by atoms with Gasteiger partial charge in [0.05, 0.1) is 24.8 Å². The second-order valence-corrected chi connectivity index (χ2v) is 4.52. The van der Waals surface area contributed by atoms with Gasteiger partial charge in [0.25, 0.3) is 0 Å². The Balaban J connectivity index is 3.31. The minimum atomic E-state index is -0.589. The first-order valence-corrected chi connectivity index (χ1v) is 6.09. The van der Waals surface area contributed by atoms with Gasteiger partial charge in [-0.05, 0) is 41.5 Å². The van der Waals surface area contributed by atoms with Crippen LogP contribution < -0.4 is 14.8 Å². The van der Waals surface area contributed by atoms with E-state index in [1.54, 1.807) is 21.3 Å². The number of aliphatic hydroxyl groups is 1. The molecule has 0 radical (unpaired) electrons. The summed E-state index contributed by atoms with van der Waals surface area (Å²) in [6.45, 7) is 2.41. The molecule has 0 heterocycles. The number of hydrogen-bond donors (Lipinski definition) is 2. The van der Waals surface area contributed by atoms with Crippen LogP contribution in [-0.4, -0.2) is 32.9 Å². The Bertz CT molecular complexity index is 396. The topological polar surface area (TPSA) is 50.7 Å². The number of halogens is 1. The molecule has 4 nitrogen and oxygen atoms in total. The van der Waals surface area contributed by atoms with Crippen molar-refractivity contribution in [2.75, 3.05) is 27.8 Å². The van der Waals surface area contributed by atoms with Gasteiger partial charge in [-0.15, -0.1) is 0 Å². The Kier molecular flexibility index (Phi) is 5.24. The van der Waals surface area contributed by atoms with Crippen molar-refractivity contribution in [3.05, 3.63) is 21.7 Å². The van der Waals surface area contributed by atoms with E-state index in [1.165, 1.54) is 0 Å². The smallest absolute Gasteiger partial charge is 0.175 e. The lowest BCUT2D eigenvalue weighted by Crippen LogP contribution is -2.18. The quantitative estimate of drug-likeness (QED) is 0.874. The average molecular weight is 304 g/mol. The summed E-state index contributed by atoms with van der Waals surface area (Å²) < 4.78 is 11.3. The van der Waals surface area contributed by atoms with Crippen molar-refractivity contribution in [1.29, 1.82) is 0 Å². The molecule has 0 amide bonds. The summed E-state index contributed by atoms with van der Waals surface area (Å²) in [6, 6.07) is 1.86. The maximum atomic E-state index is 10.1. The van der Waals surface area contributed by atoms with Crippen molar-refractivity contribution in [2.45, 2.75) is 13.0 Å². The van der Waals surface area contributed by atoms with Gasteiger partial charge in [-0.3, -0.25) is 0 Å². The molecule has 0 aliphatic heterocycles. The molecule has 5 heteroatoms. The molecule has 0 saturated heterocycles. The maximum Gasteiger partial charge on any atom is 0.175 e. The fourth-order valence-corrected chi connectivity index (χ4v) is 2.72. The molecule has 0 saturated carbocycles. The second-order valence-electron chi connectivity index (χ2n) is 3.73. The molecule has 1 aromatic rings. The SMILES string of the molecule is CNCC(O)c1c(C)cc(OC)c(OC)c1Br. The van der Waals surface area contributed by atoms with E-state index in [0.29, 0.717) is 18.0 Å². The number of aryl methyl sites for hydroxylation is 1. The number of ether oxygens (including phenoxy) is 2. The van der Waals surface area contributed by atoms with Gasteiger partial charge in [0.2, 0.25) is 0 Å². The van der Waals surface area contributed by atoms with Gasteiger partial charge in [-0.25, -0.2) is 0 Å². The fraction of sp³-hybridized carbons (Fsp3) is 0.500. The molecular weight excluding hydrogens is 286 g/mol. The van der Waals surface area contributed by atoms with Crippen molar-refractivity contribution in [1.82, 2.24) is 5.32 Å². The normalized spacial score (nSPS) is 12.4. The summed E-state index contributed by atoms with van der Waals surface area (Å²) in [5.41, 5.74) is 1.77. The van der Waals surface area contributed by atoms with E-state index in [1.807, 2.05) is 13.0 Å². The Morgan fingerprint density at radius 1 is 1.41 bits per heavy atom. The molecule has 0 aliphatic rings. The summed E-state index contributed by atoms with van der Waals surface area (Å²) in [6.07, 6.45) is -0.589. The number of hydrogen-bond acceptors (Lipinski definition) is 4. The zero-order valence-electron chi connectivity index (χ0n) is 10.5. The molecule has 96 valence electrons. The molecule has 0 aliphatic carbocycles. The molecule has 1 aromatic carbocycles. The highest BCUT2D eigenvalue weighted by Gasteiger charge is 2.20. The van der Waals surface area contributed by atoms with Crippen molar-refractivity contribution >= 4 is 15.9 Å². The Morgan fingerprint density at radius 3 is 2.53 bits per heavy atom. The highest BCUT2D eigenvalue weighted by atomic mass is 79.9. The van der Waals surface area contributed by atoms with Crippen molar-refractivity contribution in [3.8, 4) is 11.5 Å². The zero-order valence-corrected chi connectivity index (χ0v) is 12.1. The Hall–Kier alpha value is -0.780. The molecule has 0 bridgehead atoms. The number of nitrogens with one attached hydrogen (secondary N) is 1. The molecule has 0 aromatic heterocycles. The predicted octanol–water partition coefficient (Wildman–Crippen LogP) is 2.03. The molecule has 0 fully saturated rings. The highest BCUT2D eigenvalue weighted by Crippen LogP contribution is 2.41. The van der Waals surface area contributed by atoms with E-state index in [-0.39, 0.29) is 0 Å². The molecule has 2 N–H and O–H groups in total. The van der Waals surface area contributed by atoms with E-state index in [0.717, 1.165) is 15.6 Å². The van der Waals surface area contributed by atoms with E-state index in [2.05, 4.69) is 21.2 Å². The molecule has 0 spiro atoms. The summed E-state index contributed by atoms with van der Waals surface area (Å²) in [4.78, 5) is 0. The zero-order chi connectivity index (χ0) is 13.0. The van der Waals surface area contributed by atoms with Gasteiger partial charge in [0.1, 0.15) is 0 Å². The average Bonchev–Trinajstić information content (AvgIpc) is 2.28. The molecule has 17 heavy (non-hydrogen) atoms. The summed E-state index contributed by atoms with van der Waals surface area (Å²) in [5.74, 6) is 1.25. The van der Waals surface area contributed by atoms with Crippen LogP contribution in [0.25, 0.3) is 0 Å². The number of aliphatic hydroxyl groups excluding tert-OH is 1. The van der Waals surface area contributed by atoms with Gasteiger partial charge in [0.15, 0.2) is 11.5 Å². The highest BCUT2D eigenvalue weighted by molar-refractivity contribution is 9.10. The van der Waals surface area contributed by atoms with Crippen LogP contribution in [0.3, 0.4) is 0 Å². The minimum Gasteiger partial charge on any atom is -0.493 e. The number of rotatable bonds is 5. The largest absolute Gasteiger partial charge is 0.493 e. The third-order valence-electron chi connectivity index (χ3n) is 2.59. The number of likely N-dealkylation sites (N-methyl/N-ethyl adjacent to an activating group) is 1. The first-order valence-electron chi connectivity index (χ1n) is 5.30. The van der Waals surface area contributed by atoms with E-state index in [4.69, 9.17) is 9.47 Å². The monoisotopic (exact) mass is 303 g/mol. The standard InChI is InChI=1S/C12H18BrNO3/c1-7-5-9(16-3)12(17-4)11(13)10(7)8(15)6-14-2/h5,8,14-15H,6H2,1-4H3. The summed E-state index contributed by atoms with van der Waals surface area (Å²) >= 11 is 3.46. The van der Waals surface area contributed by atoms with Crippen LogP contribution in [0.2, 0.25) is 0 Å². The number of benzene rings is 1. The minimum absolute atomic E-state index is 0.481. The Labute approximate surface area is 110 Å². The van der Waals surface area contributed by atoms with Gasteiger partial charge < -0.3 is 19.9 Å². The van der Waals surface area contributed by atoms with Gasteiger partial charge >= 0.3 is 0 Å². The van der Waals surface area contributed by atoms with Crippen LogP contribution in [0.5, 0.6) is 11.5 Å². The maximum absolute atomic E-state index is 10.1. The van der Waals surface area contributed by atoms with Gasteiger partial charge in [-0.1, -0.05) is 0 Å². The lowest BCUT2D eigenvalue weighted by molar-refractivity contribution is 0.175. The van der Waals surface area contributed by atoms with Gasteiger partial charge in [-0.2, -0.15) is 0 Å². The lowest BCUT2D eigenvalue weighted by atomic mass is 10.0. The second kappa shape index (κ2) is 6.23. The van der Waals surface area contributed by atoms with Crippen LogP contribution in [0.15, 0.2) is 10.5 Å². The third kappa shape index (κ3) is 2.91. The van der Waals surface area contributed by atoms with Crippen molar-refractivity contribution in [3.63, 3.8) is 0 Å². The van der Waals surface area contributed by atoms with Crippen LogP contribution >= 0.6 is 15.9 Å². The summed E-state index contributed by atoms with van der Waals surface area (Å²) in [5, 5.41) is 13.0. The predicted molar refractivity (Wildman–Crippen MR) is 70.9 cm³/mol. The first-order chi connectivity index (χ1) is 8.06. The molecule has 1 unspecified atom stereocenters. The van der Waals surface area contributed by atoms with Crippen LogP contribution in [0, 0.1) is 6.92 Å². The Morgan fingerprint density at radius 2 is 2.06 bits per heavy atom. The fourth-order valence-electron chi connectivity index (χ4n) is 1.79. The molecular formula is C12H18BrNO3. The van der Waals surface area contributed by atoms with Crippen LogP contribution in [-0.2, 0) is 0 Å².